The van der Waals surface area contributed by atoms with Gasteiger partial charge in [-0.3, -0.25) is 0 Å². The van der Waals surface area contributed by atoms with Gasteiger partial charge in [0.15, 0.2) is 0 Å². The maximum absolute atomic E-state index is 8.00. The predicted molar refractivity (Wildman–Crippen MR) is 39.0 cm³/mol. The van der Waals surface area contributed by atoms with Crippen molar-refractivity contribution in [2.24, 2.45) is 5.34 Å². The summed E-state index contributed by atoms with van der Waals surface area (Å²) in [5, 5.41) is 46.5. The van der Waals surface area contributed by atoms with Gasteiger partial charge in [-0.2, -0.15) is 0 Å². The van der Waals surface area contributed by atoms with E-state index in [9.17, 15) is 0 Å². The molecule has 0 aromatic heterocycles. The first-order chi connectivity index (χ1) is 8.41. The molecule has 0 aromatic rings. The molecule has 0 fully saturated rings. The molecule has 0 amide bonds. The van der Waals surface area contributed by atoms with Gasteiger partial charge in [0, 0.05) is 0 Å². The fourth-order valence-corrected chi connectivity index (χ4v) is 0. The second-order valence-corrected chi connectivity index (χ2v) is 0.0745. The average Bonchev–Trinajstić information content (AvgIpc) is 2.53. The molecule has 0 atom stereocenters. The van der Waals surface area contributed by atoms with Crippen LogP contribution in [0.25, 0.3) is 0 Å². The van der Waals surface area contributed by atoms with Crippen molar-refractivity contribution in [3.8, 4) is 0 Å². The van der Waals surface area contributed by atoms with E-state index in [1.807, 2.05) is 0 Å². The Hall–Kier alpha value is -2.62. The van der Waals surface area contributed by atoms with Crippen LogP contribution in [0.4, 0.5) is 0 Å². The monoisotopic (exact) mass is 314 g/mol. The first-order valence-electron chi connectivity index (χ1n) is 1.83. The Bertz CT molecular complexity index is 149. The van der Waals surface area contributed by atoms with E-state index in [0.29, 0.717) is 0 Å². The van der Waals surface area contributed by atoms with Crippen molar-refractivity contribution in [3.63, 3.8) is 0 Å². The van der Waals surface area contributed by atoms with Gasteiger partial charge in [0.2, 0.25) is 0 Å². The molecule has 93 valence electrons. The van der Waals surface area contributed by atoms with Crippen molar-refractivity contribution in [1.29, 1.82) is 31.6 Å². The molecule has 17 heavy (non-hydrogen) atoms. The summed E-state index contributed by atoms with van der Waals surface area (Å²) < 4.78 is 0. The molecule has 0 aliphatic rings. The molecule has 0 unspecified atom stereocenters. The maximum atomic E-state index is 8.00. The summed E-state index contributed by atoms with van der Waals surface area (Å²) in [4.78, 5) is 8.00. The zero-order chi connectivity index (χ0) is 16.7. The minimum atomic E-state index is 1.00. The quantitative estimate of drug-likeness (QED) is 0.271. The van der Waals surface area contributed by atoms with Crippen LogP contribution < -0.4 is 0 Å². The molecule has 0 saturated heterocycles. The third kappa shape index (κ3) is 252. The van der Waals surface area contributed by atoms with Crippen LogP contribution in [0.5, 0.6) is 0 Å². The Kier molecular flexibility index (Phi) is 2900. The van der Waals surface area contributed by atoms with Crippen LogP contribution in [-0.4, -0.2) is 0 Å². The molecular weight excluding hydrogens is 314 g/mol. The van der Waals surface area contributed by atoms with E-state index in [0.717, 1.165) is 5.34 Å². The average molecular weight is 314 g/mol. The summed E-state index contributed by atoms with van der Waals surface area (Å²) in [5.41, 5.74) is 0. The fraction of sp³-hybridized carbons (Fsp3) is 0. The molecule has 0 radical (unpaired) electrons. The molecule has 0 heterocycles. The summed E-state index contributed by atoms with van der Waals surface area (Å²) >= 11 is 6.00. The van der Waals surface area contributed by atoms with Crippen molar-refractivity contribution in [1.82, 2.24) is 0 Å². The first-order valence-corrected chi connectivity index (χ1v) is 3.83. The summed E-state index contributed by atoms with van der Waals surface area (Å²) in [5.74, 6) is 0. The standard InChI is InChI=1S/6CN.2Fe.HNO2/c6*1-2;;;2-1-3/h;;;;;;;;(H,2,3)/q6*-1;;+1;/p-1. The molecule has 0 saturated carbocycles. The van der Waals surface area contributed by atoms with Crippen molar-refractivity contribution >= 4 is 0 Å². The molecule has 0 aliphatic heterocycles. The van der Waals surface area contributed by atoms with Crippen molar-refractivity contribution in [2.75, 3.05) is 0 Å². The number of rotatable bonds is 0. The van der Waals surface area contributed by atoms with Crippen molar-refractivity contribution in [2.45, 2.75) is 0 Å². The van der Waals surface area contributed by atoms with Crippen LogP contribution in [0.1, 0.15) is 0 Å². The molecule has 0 bridgehead atoms. The Balaban J connectivity index is -0.00000000914. The zero-order valence-corrected chi connectivity index (χ0v) is 9.86. The minimum absolute atomic E-state index is 1.00. The molecule has 9 nitrogen and oxygen atoms in total. The predicted octanol–water partition coefficient (Wildman–Crippen LogP) is 0.824. The van der Waals surface area contributed by atoms with E-state index in [2.05, 4.69) is 27.3 Å². The van der Waals surface area contributed by atoms with Crippen LogP contribution in [-0.2, 0) is 27.3 Å². The Morgan fingerprint density at radius 1 is 0.706 bits per heavy atom. The zero-order valence-electron chi connectivity index (χ0n) is 7.65. The van der Waals surface area contributed by atoms with E-state index in [4.69, 9.17) is 81.1 Å². The molecule has 11 heteroatoms. The van der Waals surface area contributed by atoms with E-state index in [1.165, 1.54) is 0 Å². The Labute approximate surface area is 114 Å². The van der Waals surface area contributed by atoms with Gasteiger partial charge in [0.25, 0.3) is 0 Å². The summed E-state index contributed by atoms with van der Waals surface area (Å²) in [6.45, 7) is 28.5. The van der Waals surface area contributed by atoms with E-state index >= 15 is 0 Å². The second-order valence-electron chi connectivity index (χ2n) is 0.0745. The van der Waals surface area contributed by atoms with Gasteiger partial charge in [-0.15, -0.1) is 5.34 Å². The molecule has 0 N–H and O–H groups in total. The number of hydrogen-bond donors (Lipinski definition) is 0. The summed E-state index contributed by atoms with van der Waals surface area (Å²) in [6, 6.07) is 0. The van der Waals surface area contributed by atoms with Crippen LogP contribution in [0.3, 0.4) is 0 Å². The van der Waals surface area contributed by atoms with Gasteiger partial charge in [-0.1, -0.05) is 0 Å². The van der Waals surface area contributed by atoms with Gasteiger partial charge in [-0.05, 0) is 0 Å². The van der Waals surface area contributed by atoms with Gasteiger partial charge in [-0.25, -0.2) is 0 Å². The van der Waals surface area contributed by atoms with Crippen LogP contribution in [0.15, 0.2) is 5.34 Å². The molecular formula is C6Fe2N7O2-6. The third-order valence-corrected chi connectivity index (χ3v) is 0. The van der Waals surface area contributed by atoms with Crippen LogP contribution in [0.2, 0.25) is 0 Å². The Morgan fingerprint density at radius 3 is 0.706 bits per heavy atom. The van der Waals surface area contributed by atoms with Gasteiger partial charge in [0.05, 0.1) is 0 Å². The number of hydrogen-bond acceptors (Lipinski definition) is 9. The van der Waals surface area contributed by atoms with E-state index in [1.54, 1.807) is 0 Å². The Morgan fingerprint density at radius 2 is 0.706 bits per heavy atom. The van der Waals surface area contributed by atoms with Crippen molar-refractivity contribution < 1.29 is 27.3 Å². The molecule has 0 aliphatic carbocycles. The molecule has 0 rings (SSSR count). The van der Waals surface area contributed by atoms with Gasteiger partial charge < -0.3 is 81.1 Å². The first kappa shape index (κ1) is 63.3. The molecule has 0 spiro atoms. The topological polar surface area (TPSA) is 195 Å². The van der Waals surface area contributed by atoms with Gasteiger partial charge >= 0.3 is 27.3 Å². The van der Waals surface area contributed by atoms with E-state index in [-0.39, 0.29) is 0 Å². The van der Waals surface area contributed by atoms with E-state index < -0.39 is 0 Å². The molecule has 0 aromatic carbocycles. The van der Waals surface area contributed by atoms with Crippen LogP contribution >= 0.6 is 0 Å². The number of nitrogens with zero attached hydrogens (tertiary/aromatic N) is 7. The second kappa shape index (κ2) is 780. The normalized spacial score (nSPS) is 1.71. The SMILES string of the molecule is O=N[O-].[C-]#N.[C-]#N.[C-]#N.[C-]#N.[C-]#N.[C-]#N.[Fe]=[Fe+]. The fourth-order valence-electron chi connectivity index (χ4n) is 0. The summed E-state index contributed by atoms with van der Waals surface area (Å²) in [7, 11) is 0. The third-order valence-electron chi connectivity index (χ3n) is 0. The van der Waals surface area contributed by atoms with Crippen LogP contribution in [0, 0.1) is 81.1 Å². The van der Waals surface area contributed by atoms with Gasteiger partial charge in [0.1, 0.15) is 0 Å². The summed E-state index contributed by atoms with van der Waals surface area (Å²) in [6.07, 6.45) is 0. The van der Waals surface area contributed by atoms with Crippen molar-refractivity contribution in [3.05, 3.63) is 49.5 Å².